The maximum absolute atomic E-state index is 12.8. The number of hydrogen-bond acceptors (Lipinski definition) is 2. The molecule has 0 atom stereocenters. The van der Waals surface area contributed by atoms with Crippen LogP contribution in [0.25, 0.3) is 0 Å². The number of aliphatic hydroxyl groups is 1. The fourth-order valence-electron chi connectivity index (χ4n) is 1.14. The first-order valence-electron chi connectivity index (χ1n) is 4.80. The molecule has 1 aromatic rings. The van der Waals surface area contributed by atoms with E-state index in [1.54, 1.807) is 19.9 Å². The van der Waals surface area contributed by atoms with Crippen LogP contribution in [-0.4, -0.2) is 17.3 Å². The van der Waals surface area contributed by atoms with Crippen molar-refractivity contribution in [3.8, 4) is 0 Å². The largest absolute Gasteiger partial charge is 0.390 e. The average molecular weight is 276 g/mol. The molecule has 4 heteroatoms. The predicted octanol–water partition coefficient (Wildman–Crippen LogP) is 3.16. The third-order valence-corrected chi connectivity index (χ3v) is 2.64. The van der Waals surface area contributed by atoms with E-state index in [2.05, 4.69) is 21.2 Å². The minimum absolute atomic E-state index is 0.269. The van der Waals surface area contributed by atoms with E-state index in [4.69, 9.17) is 0 Å². The summed E-state index contributed by atoms with van der Waals surface area (Å²) < 4.78 is 13.5. The molecular weight excluding hydrogens is 261 g/mol. The highest BCUT2D eigenvalue weighted by Gasteiger charge is 2.11. The number of nitrogens with one attached hydrogen (secondary N) is 1. The molecule has 0 heterocycles. The maximum atomic E-state index is 12.8. The lowest BCUT2D eigenvalue weighted by atomic mass is 10.1. The zero-order valence-electron chi connectivity index (χ0n) is 8.85. The molecule has 0 spiro atoms. The Morgan fingerprint density at radius 3 is 2.67 bits per heavy atom. The van der Waals surface area contributed by atoms with Crippen molar-refractivity contribution in [2.75, 3.05) is 11.9 Å². The van der Waals surface area contributed by atoms with Crippen LogP contribution in [0.5, 0.6) is 0 Å². The second kappa shape index (κ2) is 4.94. The van der Waals surface area contributed by atoms with Gasteiger partial charge in [0.2, 0.25) is 0 Å². The molecular formula is C11H15BrFNO. The average Bonchev–Trinajstić information content (AvgIpc) is 2.07. The summed E-state index contributed by atoms with van der Waals surface area (Å²) in [5, 5.41) is 12.6. The normalized spacial score (nSPS) is 11.5. The van der Waals surface area contributed by atoms with Gasteiger partial charge in [0.05, 0.1) is 5.60 Å². The van der Waals surface area contributed by atoms with Gasteiger partial charge in [-0.3, -0.25) is 0 Å². The third kappa shape index (κ3) is 4.62. The second-order valence-corrected chi connectivity index (χ2v) is 4.97. The molecule has 15 heavy (non-hydrogen) atoms. The van der Waals surface area contributed by atoms with Crippen molar-refractivity contribution in [1.82, 2.24) is 0 Å². The van der Waals surface area contributed by atoms with E-state index in [0.717, 1.165) is 5.69 Å². The summed E-state index contributed by atoms with van der Waals surface area (Å²) in [6.45, 7) is 4.16. The maximum Gasteiger partial charge on any atom is 0.124 e. The van der Waals surface area contributed by atoms with Gasteiger partial charge in [-0.1, -0.05) is 0 Å². The third-order valence-electron chi connectivity index (χ3n) is 1.98. The van der Waals surface area contributed by atoms with Gasteiger partial charge < -0.3 is 10.4 Å². The minimum atomic E-state index is -0.681. The van der Waals surface area contributed by atoms with E-state index >= 15 is 0 Å². The van der Waals surface area contributed by atoms with Crippen molar-refractivity contribution in [2.24, 2.45) is 0 Å². The fourth-order valence-corrected chi connectivity index (χ4v) is 1.63. The van der Waals surface area contributed by atoms with Gasteiger partial charge in [0.1, 0.15) is 5.82 Å². The molecule has 84 valence electrons. The van der Waals surface area contributed by atoms with E-state index < -0.39 is 5.60 Å². The van der Waals surface area contributed by atoms with Crippen LogP contribution in [0.1, 0.15) is 20.3 Å². The summed E-state index contributed by atoms with van der Waals surface area (Å²) in [4.78, 5) is 0. The topological polar surface area (TPSA) is 32.3 Å². The molecule has 1 rings (SSSR count). The predicted molar refractivity (Wildman–Crippen MR) is 63.5 cm³/mol. The Balaban J connectivity index is 2.51. The SMILES string of the molecule is CC(C)(O)CCNc1ccc(F)cc1Br. The van der Waals surface area contributed by atoms with E-state index in [9.17, 15) is 9.50 Å². The molecule has 0 saturated carbocycles. The summed E-state index contributed by atoms with van der Waals surface area (Å²) in [5.41, 5.74) is 0.153. The molecule has 0 unspecified atom stereocenters. The van der Waals surface area contributed by atoms with Gasteiger partial charge in [-0.05, 0) is 54.4 Å². The molecule has 0 aliphatic carbocycles. The van der Waals surface area contributed by atoms with Gasteiger partial charge >= 0.3 is 0 Å². The van der Waals surface area contributed by atoms with E-state index in [0.29, 0.717) is 17.4 Å². The van der Waals surface area contributed by atoms with Crippen LogP contribution in [0.4, 0.5) is 10.1 Å². The minimum Gasteiger partial charge on any atom is -0.390 e. The van der Waals surface area contributed by atoms with Crippen molar-refractivity contribution in [1.29, 1.82) is 0 Å². The summed E-state index contributed by atoms with van der Waals surface area (Å²) in [7, 11) is 0. The lowest BCUT2D eigenvalue weighted by Crippen LogP contribution is -2.22. The zero-order valence-corrected chi connectivity index (χ0v) is 10.4. The van der Waals surface area contributed by atoms with Crippen molar-refractivity contribution in [3.05, 3.63) is 28.5 Å². The van der Waals surface area contributed by atoms with Crippen LogP contribution in [-0.2, 0) is 0 Å². The van der Waals surface area contributed by atoms with Crippen LogP contribution in [0, 0.1) is 5.82 Å². The number of anilines is 1. The van der Waals surface area contributed by atoms with Crippen LogP contribution in [0.3, 0.4) is 0 Å². The van der Waals surface area contributed by atoms with Gasteiger partial charge in [-0.25, -0.2) is 4.39 Å². The number of benzene rings is 1. The first kappa shape index (κ1) is 12.5. The van der Waals surface area contributed by atoms with Gasteiger partial charge in [0, 0.05) is 16.7 Å². The number of halogens is 2. The van der Waals surface area contributed by atoms with Crippen molar-refractivity contribution in [3.63, 3.8) is 0 Å². The van der Waals surface area contributed by atoms with Crippen LogP contribution in [0.15, 0.2) is 22.7 Å². The summed E-state index contributed by atoms with van der Waals surface area (Å²) >= 11 is 3.26. The first-order valence-corrected chi connectivity index (χ1v) is 5.59. The number of rotatable bonds is 4. The summed E-state index contributed by atoms with van der Waals surface area (Å²) in [6.07, 6.45) is 0.636. The van der Waals surface area contributed by atoms with Gasteiger partial charge in [0.25, 0.3) is 0 Å². The Kier molecular flexibility index (Phi) is 4.11. The Morgan fingerprint density at radius 2 is 2.13 bits per heavy atom. The molecule has 0 aliphatic heterocycles. The molecule has 0 aliphatic rings. The van der Waals surface area contributed by atoms with Crippen LogP contribution >= 0.6 is 15.9 Å². The second-order valence-electron chi connectivity index (χ2n) is 4.11. The highest BCUT2D eigenvalue weighted by molar-refractivity contribution is 9.10. The lowest BCUT2D eigenvalue weighted by molar-refractivity contribution is 0.0749. The van der Waals surface area contributed by atoms with Gasteiger partial charge in [-0.15, -0.1) is 0 Å². The molecule has 0 fully saturated rings. The standard InChI is InChI=1S/C11H15BrFNO/c1-11(2,15)5-6-14-10-4-3-8(13)7-9(10)12/h3-4,7,14-15H,5-6H2,1-2H3. The van der Waals surface area contributed by atoms with Crippen molar-refractivity contribution < 1.29 is 9.50 Å². The van der Waals surface area contributed by atoms with E-state index in [1.165, 1.54) is 12.1 Å². The Bertz CT molecular complexity index is 336. The monoisotopic (exact) mass is 275 g/mol. The quantitative estimate of drug-likeness (QED) is 0.885. The molecule has 0 radical (unpaired) electrons. The Labute approximate surface area is 97.6 Å². The lowest BCUT2D eigenvalue weighted by Gasteiger charge is -2.17. The Morgan fingerprint density at radius 1 is 1.47 bits per heavy atom. The molecule has 2 nitrogen and oxygen atoms in total. The van der Waals surface area contributed by atoms with Crippen molar-refractivity contribution in [2.45, 2.75) is 25.9 Å². The first-order chi connectivity index (χ1) is 6.88. The molecule has 0 bridgehead atoms. The van der Waals surface area contributed by atoms with Gasteiger partial charge in [0.15, 0.2) is 0 Å². The number of hydrogen-bond donors (Lipinski definition) is 2. The van der Waals surface area contributed by atoms with Crippen LogP contribution < -0.4 is 5.32 Å². The van der Waals surface area contributed by atoms with E-state index in [1.807, 2.05) is 0 Å². The molecule has 0 saturated heterocycles. The Hall–Kier alpha value is -0.610. The molecule has 2 N–H and O–H groups in total. The van der Waals surface area contributed by atoms with E-state index in [-0.39, 0.29) is 5.82 Å². The smallest absolute Gasteiger partial charge is 0.124 e. The zero-order chi connectivity index (χ0) is 11.5. The van der Waals surface area contributed by atoms with Crippen molar-refractivity contribution >= 4 is 21.6 Å². The van der Waals surface area contributed by atoms with Gasteiger partial charge in [-0.2, -0.15) is 0 Å². The van der Waals surface area contributed by atoms with Crippen LogP contribution in [0.2, 0.25) is 0 Å². The fraction of sp³-hybridized carbons (Fsp3) is 0.455. The molecule has 1 aromatic carbocycles. The molecule has 0 amide bonds. The summed E-state index contributed by atoms with van der Waals surface area (Å²) in [5.74, 6) is -0.269. The molecule has 0 aromatic heterocycles. The highest BCUT2D eigenvalue weighted by Crippen LogP contribution is 2.23. The summed E-state index contributed by atoms with van der Waals surface area (Å²) in [6, 6.07) is 4.48. The highest BCUT2D eigenvalue weighted by atomic mass is 79.9.